The van der Waals surface area contributed by atoms with Crippen molar-refractivity contribution in [2.45, 2.75) is 44.6 Å². The van der Waals surface area contributed by atoms with Crippen LogP contribution in [-0.2, 0) is 4.79 Å². The third kappa shape index (κ3) is 3.95. The number of nitrogens with zero attached hydrogens (tertiary/aromatic N) is 4. The fourth-order valence-corrected chi connectivity index (χ4v) is 5.38. The predicted octanol–water partition coefficient (Wildman–Crippen LogP) is 6.14. The maximum absolute atomic E-state index is 12.3. The lowest BCUT2D eigenvalue weighted by Crippen LogP contribution is -2.24. The summed E-state index contributed by atoms with van der Waals surface area (Å²) in [6.45, 7) is 3.92. The number of benzene rings is 2. The molecule has 1 unspecified atom stereocenters. The van der Waals surface area contributed by atoms with Gasteiger partial charge in [-0.1, -0.05) is 58.7 Å². The number of carbonyl (C=O) groups is 1. The molecule has 2 atom stereocenters. The molecule has 1 aliphatic rings. The van der Waals surface area contributed by atoms with Gasteiger partial charge in [-0.3, -0.25) is 9.78 Å². The van der Waals surface area contributed by atoms with Crippen molar-refractivity contribution in [3.05, 3.63) is 75.4 Å². The fraction of sp³-hybridized carbons (Fsp3) is 0.308. The molecule has 0 saturated heterocycles. The molecule has 0 spiro atoms. The minimum absolute atomic E-state index is 0.0475. The molecule has 1 amide bonds. The van der Waals surface area contributed by atoms with Gasteiger partial charge in [-0.2, -0.15) is 0 Å². The topological polar surface area (TPSA) is 72.7 Å². The summed E-state index contributed by atoms with van der Waals surface area (Å²) in [5.74, 6) is 0.148. The molecule has 1 aliphatic carbocycles. The third-order valence-corrected chi connectivity index (χ3v) is 7.41. The van der Waals surface area contributed by atoms with Crippen molar-refractivity contribution in [3.63, 3.8) is 0 Å². The summed E-state index contributed by atoms with van der Waals surface area (Å²) in [6.07, 6.45) is 4.03. The molecule has 1 fully saturated rings. The van der Waals surface area contributed by atoms with Crippen molar-refractivity contribution in [1.29, 1.82) is 0 Å². The van der Waals surface area contributed by atoms with E-state index in [-0.39, 0.29) is 17.9 Å². The average molecular weight is 494 g/mol. The Labute approximate surface area is 208 Å². The molecule has 6 nitrogen and oxygen atoms in total. The quantitative estimate of drug-likeness (QED) is 0.350. The average Bonchev–Trinajstić information content (AvgIpc) is 3.60. The maximum atomic E-state index is 12.3. The number of hydrogen-bond acceptors (Lipinski definition) is 4. The Hall–Kier alpha value is -2.96. The van der Waals surface area contributed by atoms with Gasteiger partial charge in [0.15, 0.2) is 0 Å². The number of hydrogen-bond donors (Lipinski definition) is 1. The smallest absolute Gasteiger partial charge is 0.227 e. The van der Waals surface area contributed by atoms with Crippen molar-refractivity contribution in [3.8, 4) is 11.3 Å². The molecule has 34 heavy (non-hydrogen) atoms. The van der Waals surface area contributed by atoms with Gasteiger partial charge in [-0.05, 0) is 55.9 Å². The summed E-state index contributed by atoms with van der Waals surface area (Å²) in [5.41, 5.74) is 6.06. The van der Waals surface area contributed by atoms with E-state index < -0.39 is 0 Å². The Bertz CT molecular complexity index is 1400. The van der Waals surface area contributed by atoms with E-state index in [4.69, 9.17) is 23.2 Å². The zero-order valence-electron chi connectivity index (χ0n) is 19.2. The Balaban J connectivity index is 1.60. The van der Waals surface area contributed by atoms with Crippen molar-refractivity contribution >= 4 is 40.1 Å². The van der Waals surface area contributed by atoms with Crippen LogP contribution in [0.1, 0.15) is 61.3 Å². The molecule has 8 heteroatoms. The molecular weight excluding hydrogens is 469 g/mol. The second kappa shape index (κ2) is 9.01. The molecule has 2 heterocycles. The zero-order chi connectivity index (χ0) is 24.0. The second-order valence-electron chi connectivity index (χ2n) is 8.83. The van der Waals surface area contributed by atoms with Crippen LogP contribution >= 0.6 is 23.2 Å². The lowest BCUT2D eigenvalue weighted by molar-refractivity contribution is -0.121. The number of pyridine rings is 1. The van der Waals surface area contributed by atoms with Crippen LogP contribution in [0.5, 0.6) is 0 Å². The lowest BCUT2D eigenvalue weighted by Gasteiger charge is -2.19. The minimum atomic E-state index is -0.316. The van der Waals surface area contributed by atoms with E-state index in [0.29, 0.717) is 21.5 Å². The number of nitrogens with one attached hydrogen (secondary N) is 1. The first-order valence-electron chi connectivity index (χ1n) is 11.4. The molecule has 1 saturated carbocycles. The van der Waals surface area contributed by atoms with Crippen LogP contribution in [0.3, 0.4) is 0 Å². The molecule has 174 valence electrons. The summed E-state index contributed by atoms with van der Waals surface area (Å²) >= 11 is 13.5. The van der Waals surface area contributed by atoms with Crippen molar-refractivity contribution in [2.24, 2.45) is 0 Å². The van der Waals surface area contributed by atoms with Crippen LogP contribution in [0, 0.1) is 0 Å². The fourth-order valence-electron chi connectivity index (χ4n) is 4.54. The summed E-state index contributed by atoms with van der Waals surface area (Å²) < 4.78 is 1.84. The van der Waals surface area contributed by atoms with Gasteiger partial charge < -0.3 is 5.32 Å². The third-order valence-electron chi connectivity index (χ3n) is 6.66. The van der Waals surface area contributed by atoms with E-state index in [0.717, 1.165) is 46.3 Å². The summed E-state index contributed by atoms with van der Waals surface area (Å²) in [4.78, 5) is 17.0. The van der Waals surface area contributed by atoms with Gasteiger partial charge in [0.2, 0.25) is 5.91 Å². The maximum Gasteiger partial charge on any atom is 0.227 e. The highest BCUT2D eigenvalue weighted by Crippen LogP contribution is 2.47. The summed E-state index contributed by atoms with van der Waals surface area (Å²) in [6, 6.07) is 13.5. The molecule has 1 N–H and O–H groups in total. The van der Waals surface area contributed by atoms with E-state index in [1.165, 1.54) is 0 Å². The van der Waals surface area contributed by atoms with Gasteiger partial charge >= 0.3 is 0 Å². The molecular formula is C26H25Cl2N5O. The molecule has 2 aromatic heterocycles. The van der Waals surface area contributed by atoms with E-state index in [1.807, 2.05) is 61.0 Å². The van der Waals surface area contributed by atoms with Crippen molar-refractivity contribution in [1.82, 2.24) is 25.3 Å². The van der Waals surface area contributed by atoms with Crippen molar-refractivity contribution in [2.75, 3.05) is 7.05 Å². The number of fused-ring (bicyclic) bond motifs is 1. The van der Waals surface area contributed by atoms with Crippen LogP contribution in [0.15, 0.2) is 48.7 Å². The first-order chi connectivity index (χ1) is 16.4. The number of likely N-dealkylation sites (N-methyl/N-ethyl adjacent to an activating group) is 1. The molecule has 4 aromatic rings. The van der Waals surface area contributed by atoms with E-state index in [9.17, 15) is 4.79 Å². The van der Waals surface area contributed by atoms with Crippen LogP contribution in [0.4, 0.5) is 0 Å². The standard InChI is InChI=1S/C26H25Cl2N5O/c1-14(26(34)29-3)17-6-4-5-7-19(17)21-12-23-22(13-30-21)31-32-33(23)15(2)24-20(27)11-10-18(25(24)28)16-8-9-16/h4-7,10-16H,8-9H2,1-3H3,(H,29,34)/t14?,15-/m1/s1. The van der Waals surface area contributed by atoms with E-state index >= 15 is 0 Å². The van der Waals surface area contributed by atoms with Gasteiger partial charge in [-0.25, -0.2) is 4.68 Å². The van der Waals surface area contributed by atoms with Crippen LogP contribution in [0.2, 0.25) is 10.0 Å². The van der Waals surface area contributed by atoms with Gasteiger partial charge in [0.05, 0.1) is 34.4 Å². The predicted molar refractivity (Wildman–Crippen MR) is 135 cm³/mol. The summed E-state index contributed by atoms with van der Waals surface area (Å²) in [7, 11) is 1.64. The number of rotatable bonds is 6. The van der Waals surface area contributed by atoms with Gasteiger partial charge in [0.1, 0.15) is 5.52 Å². The molecule has 0 bridgehead atoms. The van der Waals surface area contributed by atoms with Crippen molar-refractivity contribution < 1.29 is 4.79 Å². The number of carbonyl (C=O) groups excluding carboxylic acids is 1. The molecule has 5 rings (SSSR count). The first-order valence-corrected chi connectivity index (χ1v) is 12.2. The van der Waals surface area contributed by atoms with Crippen LogP contribution in [-0.4, -0.2) is 32.9 Å². The highest BCUT2D eigenvalue weighted by Gasteiger charge is 2.29. The highest BCUT2D eigenvalue weighted by atomic mass is 35.5. The van der Waals surface area contributed by atoms with Gasteiger partial charge in [0, 0.05) is 23.2 Å². The Morgan fingerprint density at radius 2 is 1.91 bits per heavy atom. The van der Waals surface area contributed by atoms with E-state index in [2.05, 4.69) is 20.6 Å². The first kappa shape index (κ1) is 22.8. The second-order valence-corrected chi connectivity index (χ2v) is 9.62. The Kier molecular flexibility index (Phi) is 6.04. The minimum Gasteiger partial charge on any atom is -0.359 e. The zero-order valence-corrected chi connectivity index (χ0v) is 20.7. The van der Waals surface area contributed by atoms with Crippen LogP contribution in [0.25, 0.3) is 22.3 Å². The highest BCUT2D eigenvalue weighted by molar-refractivity contribution is 6.36. The van der Waals surface area contributed by atoms with Crippen LogP contribution < -0.4 is 5.32 Å². The molecule has 0 radical (unpaired) electrons. The normalized spacial score (nSPS) is 15.3. The van der Waals surface area contributed by atoms with Gasteiger partial charge in [-0.15, -0.1) is 5.10 Å². The number of amides is 1. The Morgan fingerprint density at radius 1 is 1.15 bits per heavy atom. The summed E-state index contributed by atoms with van der Waals surface area (Å²) in [5, 5.41) is 12.8. The number of halogens is 2. The monoisotopic (exact) mass is 493 g/mol. The molecule has 2 aromatic carbocycles. The van der Waals surface area contributed by atoms with E-state index in [1.54, 1.807) is 13.2 Å². The lowest BCUT2D eigenvalue weighted by atomic mass is 9.93. The number of aromatic nitrogens is 4. The van der Waals surface area contributed by atoms with Gasteiger partial charge in [0.25, 0.3) is 0 Å². The SMILES string of the molecule is CNC(=O)C(C)c1ccccc1-c1cc2c(cn1)nnn2[C@H](C)c1c(Cl)ccc(C2CC2)c1Cl. The Morgan fingerprint density at radius 3 is 2.65 bits per heavy atom. The largest absolute Gasteiger partial charge is 0.359 e. The molecule has 0 aliphatic heterocycles.